The monoisotopic (exact) mass is 622 g/mol. The Bertz CT molecular complexity index is 2300. The molecule has 230 valence electrons. The first-order valence-electron chi connectivity index (χ1n) is 15.2. The molecule has 6 heteroatoms. The molecule has 0 heterocycles. The van der Waals surface area contributed by atoms with Gasteiger partial charge in [-0.3, -0.25) is 0 Å². The minimum atomic E-state index is -0.163. The number of ether oxygens (including phenoxy) is 2. The van der Waals surface area contributed by atoms with E-state index in [0.717, 1.165) is 32.7 Å². The number of fused-ring (bicyclic) bond motifs is 2. The Morgan fingerprint density at radius 3 is 1.40 bits per heavy atom. The van der Waals surface area contributed by atoms with Gasteiger partial charge in [-0.25, -0.2) is 0 Å². The number of hydrogen-bond acceptors (Lipinski definition) is 6. The van der Waals surface area contributed by atoms with Crippen LogP contribution < -0.4 is 9.47 Å². The molecule has 0 aliphatic rings. The van der Waals surface area contributed by atoms with Crippen molar-refractivity contribution < 1.29 is 9.47 Å². The Balaban J connectivity index is 1.60. The molecule has 5 rings (SSSR count). The number of hydrogen-bond donors (Lipinski definition) is 0. The smallest absolute Gasteiger partial charge is 0.137 e. The third-order valence-electron chi connectivity index (χ3n) is 7.69. The quantitative estimate of drug-likeness (QED) is 0.119. The van der Waals surface area contributed by atoms with Gasteiger partial charge in [0.2, 0.25) is 0 Å². The van der Waals surface area contributed by atoms with Crippen LogP contribution in [0.5, 0.6) is 11.5 Å². The van der Waals surface area contributed by atoms with Crippen LogP contribution in [-0.4, -0.2) is 13.2 Å². The van der Waals surface area contributed by atoms with E-state index in [9.17, 15) is 21.0 Å². The van der Waals surface area contributed by atoms with Crippen molar-refractivity contribution in [1.29, 1.82) is 21.0 Å². The van der Waals surface area contributed by atoms with E-state index in [1.165, 1.54) is 0 Å². The fourth-order valence-corrected chi connectivity index (χ4v) is 5.38. The number of rotatable bonds is 9. The van der Waals surface area contributed by atoms with Gasteiger partial charge >= 0.3 is 0 Å². The number of nitrogens with zero attached hydrogens (tertiary/aromatic N) is 4. The summed E-state index contributed by atoms with van der Waals surface area (Å²) >= 11 is 0. The van der Waals surface area contributed by atoms with Crippen molar-refractivity contribution in [2.24, 2.45) is 0 Å². The highest BCUT2D eigenvalue weighted by atomic mass is 16.5. The summed E-state index contributed by atoms with van der Waals surface area (Å²) in [5, 5.41) is 43.3. The first kappa shape index (κ1) is 32.5. The van der Waals surface area contributed by atoms with Crippen molar-refractivity contribution >= 4 is 44.8 Å². The zero-order valence-electron chi connectivity index (χ0n) is 26.7. The van der Waals surface area contributed by atoms with Gasteiger partial charge in [-0.05, 0) is 70.8 Å². The molecule has 0 aliphatic heterocycles. The molecular formula is C42H30N4O2. The van der Waals surface area contributed by atoms with Gasteiger partial charge in [0.25, 0.3) is 0 Å². The Morgan fingerprint density at radius 2 is 0.979 bits per heavy atom. The highest BCUT2D eigenvalue weighted by Gasteiger charge is 2.14. The molecule has 0 radical (unpaired) electrons. The lowest BCUT2D eigenvalue weighted by molar-refractivity contribution is 0.241. The lowest BCUT2D eigenvalue weighted by atomic mass is 9.96. The molecule has 6 nitrogen and oxygen atoms in total. The molecule has 0 N–H and O–H groups in total. The van der Waals surface area contributed by atoms with E-state index < -0.39 is 0 Å². The topological polar surface area (TPSA) is 114 Å². The van der Waals surface area contributed by atoms with E-state index in [-0.39, 0.29) is 17.3 Å². The van der Waals surface area contributed by atoms with E-state index >= 15 is 0 Å². The summed E-state index contributed by atoms with van der Waals surface area (Å²) in [5.41, 5.74) is 3.74. The van der Waals surface area contributed by atoms with Gasteiger partial charge in [0.1, 0.15) is 46.9 Å². The molecule has 0 saturated heterocycles. The van der Waals surface area contributed by atoms with Crippen LogP contribution in [0.2, 0.25) is 0 Å². The van der Waals surface area contributed by atoms with Crippen molar-refractivity contribution in [2.45, 2.75) is 20.0 Å². The molecule has 0 spiro atoms. The zero-order valence-corrected chi connectivity index (χ0v) is 26.7. The van der Waals surface area contributed by atoms with Crippen LogP contribution in [0.15, 0.2) is 120 Å². The SMILES string of the molecule is COc1cc(/C=C/C(=C(C#N)C#N)c2ccc3ccccc3c2)c(OC(C)C)cc1/C=C/C(=C(C#N)C#N)c1ccc2ccccc2c1. The summed E-state index contributed by atoms with van der Waals surface area (Å²) in [6.45, 7) is 3.84. The molecule has 48 heavy (non-hydrogen) atoms. The Labute approximate surface area is 280 Å². The number of nitriles is 4. The Hall–Kier alpha value is -6.86. The fourth-order valence-electron chi connectivity index (χ4n) is 5.38. The van der Waals surface area contributed by atoms with Gasteiger partial charge in [-0.15, -0.1) is 0 Å². The van der Waals surface area contributed by atoms with Gasteiger partial charge in [0.15, 0.2) is 0 Å². The molecule has 0 unspecified atom stereocenters. The number of methoxy groups -OCH3 is 1. The standard InChI is InChI=1S/C42H30N4O2/c1-28(2)48-42-23-35(16-18-39(37(24-43)25-44)33-14-12-29-8-4-6-10-31(29)20-33)41(47-3)22-36(42)17-19-40(38(26-45)27-46)34-15-13-30-9-5-7-11-32(30)21-34/h4-23,28H,1-3H3/b18-16+,19-17+. The highest BCUT2D eigenvalue weighted by Crippen LogP contribution is 2.34. The third kappa shape index (κ3) is 7.17. The van der Waals surface area contributed by atoms with E-state index in [1.54, 1.807) is 31.4 Å². The van der Waals surface area contributed by atoms with Crippen molar-refractivity contribution in [3.05, 3.63) is 143 Å². The Kier molecular flexibility index (Phi) is 10.1. The van der Waals surface area contributed by atoms with Crippen molar-refractivity contribution in [1.82, 2.24) is 0 Å². The van der Waals surface area contributed by atoms with E-state index in [1.807, 2.05) is 135 Å². The summed E-state index contributed by atoms with van der Waals surface area (Å²) in [7, 11) is 1.56. The summed E-state index contributed by atoms with van der Waals surface area (Å²) in [6, 6.07) is 39.2. The van der Waals surface area contributed by atoms with Crippen LogP contribution in [0.25, 0.3) is 44.8 Å². The van der Waals surface area contributed by atoms with Crippen LogP contribution in [0.3, 0.4) is 0 Å². The zero-order chi connectivity index (χ0) is 34.0. The highest BCUT2D eigenvalue weighted by molar-refractivity contribution is 5.93. The van der Waals surface area contributed by atoms with Crippen molar-refractivity contribution in [2.75, 3.05) is 7.11 Å². The first-order valence-corrected chi connectivity index (χ1v) is 15.2. The second-order valence-electron chi connectivity index (χ2n) is 11.1. The number of benzene rings is 5. The molecule has 0 amide bonds. The second kappa shape index (κ2) is 14.9. The van der Waals surface area contributed by atoms with Gasteiger partial charge in [-0.1, -0.05) is 97.1 Å². The summed E-state index contributed by atoms with van der Waals surface area (Å²) < 4.78 is 12.0. The van der Waals surface area contributed by atoms with Crippen LogP contribution in [-0.2, 0) is 0 Å². The molecular weight excluding hydrogens is 592 g/mol. The molecule has 0 fully saturated rings. The average molecular weight is 623 g/mol. The minimum absolute atomic E-state index is 0.0156. The van der Waals surface area contributed by atoms with Crippen LogP contribution in [0, 0.1) is 45.3 Å². The largest absolute Gasteiger partial charge is 0.496 e. The molecule has 0 bridgehead atoms. The first-order chi connectivity index (χ1) is 23.4. The Morgan fingerprint density at radius 1 is 0.562 bits per heavy atom. The van der Waals surface area contributed by atoms with Crippen molar-refractivity contribution in [3.63, 3.8) is 0 Å². The van der Waals surface area contributed by atoms with Crippen LogP contribution >= 0.6 is 0 Å². The predicted molar refractivity (Wildman–Crippen MR) is 191 cm³/mol. The maximum atomic E-state index is 9.81. The summed E-state index contributed by atoms with van der Waals surface area (Å²) in [4.78, 5) is 0. The van der Waals surface area contributed by atoms with Gasteiger partial charge in [-0.2, -0.15) is 21.0 Å². The maximum Gasteiger partial charge on any atom is 0.137 e. The van der Waals surface area contributed by atoms with Crippen molar-refractivity contribution in [3.8, 4) is 35.8 Å². The van der Waals surface area contributed by atoms with Gasteiger partial charge in [0.05, 0.1) is 13.2 Å². The molecule has 0 aromatic heterocycles. The maximum absolute atomic E-state index is 9.81. The van der Waals surface area contributed by atoms with Gasteiger partial charge in [0, 0.05) is 22.3 Å². The molecule has 5 aromatic rings. The van der Waals surface area contributed by atoms with E-state index in [4.69, 9.17) is 9.47 Å². The predicted octanol–water partition coefficient (Wildman–Crippen LogP) is 9.82. The number of allylic oxidation sites excluding steroid dienone is 6. The van der Waals surface area contributed by atoms with Crippen LogP contribution in [0.1, 0.15) is 36.1 Å². The normalized spacial score (nSPS) is 10.8. The molecule has 0 atom stereocenters. The summed E-state index contributed by atoms with van der Waals surface area (Å²) in [6.07, 6.45) is 6.92. The molecule has 0 aliphatic carbocycles. The van der Waals surface area contributed by atoms with Crippen LogP contribution in [0.4, 0.5) is 0 Å². The lowest BCUT2D eigenvalue weighted by Gasteiger charge is -2.16. The lowest BCUT2D eigenvalue weighted by Crippen LogP contribution is -2.07. The molecule has 5 aromatic carbocycles. The van der Waals surface area contributed by atoms with Gasteiger partial charge < -0.3 is 9.47 Å². The van der Waals surface area contributed by atoms with E-state index in [0.29, 0.717) is 33.8 Å². The summed E-state index contributed by atoms with van der Waals surface area (Å²) in [5.74, 6) is 1.07. The third-order valence-corrected chi connectivity index (χ3v) is 7.69. The molecule has 0 saturated carbocycles. The average Bonchev–Trinajstić information content (AvgIpc) is 3.11. The second-order valence-corrected chi connectivity index (χ2v) is 11.1. The minimum Gasteiger partial charge on any atom is -0.496 e. The van der Waals surface area contributed by atoms with E-state index in [2.05, 4.69) is 0 Å². The fraction of sp³-hybridized carbons (Fsp3) is 0.0952.